The number of carbonyl (C=O) groups is 2. The van der Waals surface area contributed by atoms with Crippen molar-refractivity contribution in [2.75, 3.05) is 13.1 Å². The Kier molecular flexibility index (Phi) is 8.47. The summed E-state index contributed by atoms with van der Waals surface area (Å²) in [7, 11) is 0. The number of hydrogen-bond donors (Lipinski definition) is 3. The topological polar surface area (TPSA) is 99.5 Å². The summed E-state index contributed by atoms with van der Waals surface area (Å²) in [5, 5.41) is 19.9. The van der Waals surface area contributed by atoms with Crippen LogP contribution in [0.4, 0.5) is 0 Å². The number of carboxylic acids is 2. The monoisotopic (exact) mass is 400 g/mol. The zero-order valence-corrected chi connectivity index (χ0v) is 16.0. The van der Waals surface area contributed by atoms with Gasteiger partial charge in [0.15, 0.2) is 0 Å². The van der Waals surface area contributed by atoms with Crippen LogP contribution in [0.2, 0.25) is 5.02 Å². The summed E-state index contributed by atoms with van der Waals surface area (Å²) in [5.41, 5.74) is 4.36. The van der Waals surface area contributed by atoms with Crippen molar-refractivity contribution in [2.24, 2.45) is 0 Å². The van der Waals surface area contributed by atoms with E-state index in [-0.39, 0.29) is 12.8 Å². The van der Waals surface area contributed by atoms with Crippen LogP contribution in [0.1, 0.15) is 35.2 Å². The highest BCUT2D eigenvalue weighted by atomic mass is 35.5. The predicted octanol–water partition coefficient (Wildman–Crippen LogP) is 2.76. The number of benzene rings is 1. The maximum Gasteiger partial charge on any atom is 0.303 e. The molecule has 1 aliphatic rings. The van der Waals surface area contributed by atoms with E-state index in [2.05, 4.69) is 28.2 Å². The normalized spacial score (nSPS) is 12.3. The summed E-state index contributed by atoms with van der Waals surface area (Å²) in [4.78, 5) is 23.5. The van der Waals surface area contributed by atoms with E-state index in [1.165, 1.54) is 11.1 Å². The molecule has 146 valence electrons. The molecule has 0 unspecified atom stereocenters. The van der Waals surface area contributed by atoms with Crippen LogP contribution in [-0.2, 0) is 22.4 Å². The van der Waals surface area contributed by atoms with Crippen LogP contribution in [0.5, 0.6) is 0 Å². The highest BCUT2D eigenvalue weighted by Crippen LogP contribution is 2.25. The Morgan fingerprint density at radius 2 is 1.75 bits per heavy atom. The van der Waals surface area contributed by atoms with Gasteiger partial charge in [-0.15, -0.1) is 0 Å². The summed E-state index contributed by atoms with van der Waals surface area (Å²) in [6.45, 7) is 1.99. The quantitative estimate of drug-likeness (QED) is 0.685. The summed E-state index contributed by atoms with van der Waals surface area (Å²) in [6.07, 6.45) is 3.17. The maximum atomic E-state index is 9.64. The van der Waals surface area contributed by atoms with Crippen molar-refractivity contribution in [3.8, 4) is 11.8 Å². The third kappa shape index (κ3) is 7.03. The number of rotatable bonds is 3. The zero-order valence-electron chi connectivity index (χ0n) is 15.2. The first-order chi connectivity index (χ1) is 13.5. The van der Waals surface area contributed by atoms with Crippen molar-refractivity contribution in [1.82, 2.24) is 10.3 Å². The van der Waals surface area contributed by atoms with Crippen LogP contribution in [0, 0.1) is 11.8 Å². The molecule has 7 heteroatoms. The maximum absolute atomic E-state index is 9.64. The second-order valence-corrected chi connectivity index (χ2v) is 6.47. The number of nitrogens with zero attached hydrogens (tertiary/aromatic N) is 1. The molecular weight excluding hydrogens is 380 g/mol. The van der Waals surface area contributed by atoms with Crippen molar-refractivity contribution < 1.29 is 19.8 Å². The zero-order chi connectivity index (χ0) is 20.4. The highest BCUT2D eigenvalue weighted by Gasteiger charge is 2.13. The number of fused-ring (bicyclic) bond motifs is 1. The van der Waals surface area contributed by atoms with Gasteiger partial charge in [-0.25, -0.2) is 4.98 Å². The van der Waals surface area contributed by atoms with E-state index in [0.29, 0.717) is 0 Å². The number of aliphatic carboxylic acids is 2. The van der Waals surface area contributed by atoms with E-state index in [0.717, 1.165) is 42.2 Å². The lowest BCUT2D eigenvalue weighted by molar-refractivity contribution is -0.143. The molecule has 0 spiro atoms. The first-order valence-electron chi connectivity index (χ1n) is 8.85. The van der Waals surface area contributed by atoms with Gasteiger partial charge in [0.2, 0.25) is 0 Å². The van der Waals surface area contributed by atoms with Crippen molar-refractivity contribution in [2.45, 2.75) is 25.7 Å². The Balaban J connectivity index is 0.000000300. The Bertz CT molecular complexity index is 875. The second kappa shape index (κ2) is 11.1. The molecule has 0 radical (unpaired) electrons. The van der Waals surface area contributed by atoms with Gasteiger partial charge in [0.1, 0.15) is 5.69 Å². The molecule has 0 amide bonds. The molecule has 2 heterocycles. The first-order valence-corrected chi connectivity index (χ1v) is 9.22. The van der Waals surface area contributed by atoms with Crippen LogP contribution in [0.25, 0.3) is 0 Å². The number of carboxylic acid groups (broad SMARTS) is 2. The fraction of sp³-hybridized carbons (Fsp3) is 0.286. The predicted molar refractivity (Wildman–Crippen MR) is 106 cm³/mol. The van der Waals surface area contributed by atoms with Gasteiger partial charge in [0, 0.05) is 11.8 Å². The average molecular weight is 401 g/mol. The van der Waals surface area contributed by atoms with E-state index in [1.807, 2.05) is 24.3 Å². The molecule has 0 aliphatic carbocycles. The van der Waals surface area contributed by atoms with Gasteiger partial charge >= 0.3 is 11.9 Å². The van der Waals surface area contributed by atoms with Crippen molar-refractivity contribution in [1.29, 1.82) is 0 Å². The van der Waals surface area contributed by atoms with Crippen molar-refractivity contribution in [3.05, 3.63) is 63.9 Å². The van der Waals surface area contributed by atoms with Crippen molar-refractivity contribution >= 4 is 23.5 Å². The molecule has 6 nitrogen and oxygen atoms in total. The number of hydrogen-bond acceptors (Lipinski definition) is 4. The summed E-state index contributed by atoms with van der Waals surface area (Å²) in [5.74, 6) is 4.17. The van der Waals surface area contributed by atoms with Crippen LogP contribution >= 0.6 is 11.6 Å². The van der Waals surface area contributed by atoms with Gasteiger partial charge in [-0.05, 0) is 61.2 Å². The number of halogens is 1. The molecule has 3 rings (SSSR count). The molecule has 0 saturated heterocycles. The van der Waals surface area contributed by atoms with E-state index in [9.17, 15) is 9.59 Å². The van der Waals surface area contributed by atoms with Gasteiger partial charge in [0.25, 0.3) is 0 Å². The summed E-state index contributed by atoms with van der Waals surface area (Å²) in [6, 6.07) is 9.81. The SMILES string of the molecule is Clc1ccc2c(c1C#Cc1ccccn1)CCNCC2.O=C(O)CCC(=O)O. The molecule has 0 saturated carbocycles. The average Bonchev–Trinajstić information content (AvgIpc) is 2.92. The third-order valence-corrected chi connectivity index (χ3v) is 4.33. The second-order valence-electron chi connectivity index (χ2n) is 6.06. The van der Waals surface area contributed by atoms with Gasteiger partial charge in [0.05, 0.1) is 17.9 Å². The molecule has 0 bridgehead atoms. The molecule has 3 N–H and O–H groups in total. The fourth-order valence-corrected chi connectivity index (χ4v) is 2.88. The molecule has 28 heavy (non-hydrogen) atoms. The highest BCUT2D eigenvalue weighted by molar-refractivity contribution is 6.31. The van der Waals surface area contributed by atoms with E-state index >= 15 is 0 Å². The van der Waals surface area contributed by atoms with Crippen LogP contribution < -0.4 is 5.32 Å². The standard InChI is InChI=1S/C17H15ClN2.C4H6O4/c18-17-7-4-13-8-11-19-12-9-15(13)16(17)6-5-14-3-1-2-10-20-14;5-3(6)1-2-4(7)8/h1-4,7,10,19H,8-9,11-12H2;1-2H2,(H,5,6)(H,7,8). The number of aromatic nitrogens is 1. The van der Waals surface area contributed by atoms with Crippen LogP contribution in [-0.4, -0.2) is 40.2 Å². The van der Waals surface area contributed by atoms with Gasteiger partial charge in [-0.1, -0.05) is 29.7 Å². The molecule has 0 atom stereocenters. The smallest absolute Gasteiger partial charge is 0.303 e. The summed E-state index contributed by atoms with van der Waals surface area (Å²) < 4.78 is 0. The minimum atomic E-state index is -1.08. The third-order valence-electron chi connectivity index (χ3n) is 4.02. The Hall–Kier alpha value is -2.88. The largest absolute Gasteiger partial charge is 0.481 e. The number of nitrogens with one attached hydrogen (secondary N) is 1. The lowest BCUT2D eigenvalue weighted by atomic mass is 9.97. The van der Waals surface area contributed by atoms with Gasteiger partial charge < -0.3 is 15.5 Å². The Morgan fingerprint density at radius 3 is 2.39 bits per heavy atom. The van der Waals surface area contributed by atoms with Gasteiger partial charge in [-0.3, -0.25) is 9.59 Å². The lowest BCUT2D eigenvalue weighted by Crippen LogP contribution is -2.16. The van der Waals surface area contributed by atoms with E-state index < -0.39 is 11.9 Å². The molecule has 0 fully saturated rings. The van der Waals surface area contributed by atoms with E-state index in [4.69, 9.17) is 21.8 Å². The Morgan fingerprint density at radius 1 is 1.04 bits per heavy atom. The lowest BCUT2D eigenvalue weighted by Gasteiger charge is -2.09. The Labute approximate surface area is 168 Å². The number of pyridine rings is 1. The summed E-state index contributed by atoms with van der Waals surface area (Å²) >= 11 is 6.34. The molecule has 1 aliphatic heterocycles. The molecule has 1 aromatic heterocycles. The van der Waals surface area contributed by atoms with Gasteiger partial charge in [-0.2, -0.15) is 0 Å². The van der Waals surface area contributed by atoms with Crippen molar-refractivity contribution in [3.63, 3.8) is 0 Å². The molecular formula is C21H21ClN2O4. The van der Waals surface area contributed by atoms with Crippen LogP contribution in [0.15, 0.2) is 36.5 Å². The minimum absolute atomic E-state index is 0.296. The molecule has 2 aromatic rings. The van der Waals surface area contributed by atoms with E-state index in [1.54, 1.807) is 6.20 Å². The van der Waals surface area contributed by atoms with Crippen LogP contribution in [0.3, 0.4) is 0 Å². The first kappa shape index (κ1) is 21.4. The fourth-order valence-electron chi connectivity index (χ4n) is 2.66. The molecule has 1 aromatic carbocycles. The minimum Gasteiger partial charge on any atom is -0.481 e.